The van der Waals surface area contributed by atoms with Crippen molar-refractivity contribution in [1.82, 2.24) is 19.0 Å². The summed E-state index contributed by atoms with van der Waals surface area (Å²) in [4.78, 5) is 47.6. The van der Waals surface area contributed by atoms with Crippen LogP contribution in [-0.2, 0) is 16.1 Å². The highest BCUT2D eigenvalue weighted by atomic mass is 16.5. The van der Waals surface area contributed by atoms with Crippen molar-refractivity contribution in [1.29, 1.82) is 0 Å². The molecule has 2 saturated heterocycles. The first-order valence-electron chi connectivity index (χ1n) is 16.5. The molecule has 4 fully saturated rings. The number of carbonyl (C=O) groups excluding carboxylic acids is 1. The molecule has 8 heteroatoms. The molecule has 2 saturated carbocycles. The average molecular weight is 585 g/mol. The molecule has 228 valence electrons. The van der Waals surface area contributed by atoms with E-state index in [1.807, 2.05) is 28.8 Å². The molecule has 7 rings (SSSR count). The number of carbonyl (C=O) groups is 1. The van der Waals surface area contributed by atoms with Crippen molar-refractivity contribution < 1.29 is 9.53 Å². The molecule has 7 atom stereocenters. The number of hydrogen-bond donors (Lipinski definition) is 0. The van der Waals surface area contributed by atoms with E-state index in [2.05, 4.69) is 11.8 Å². The molecule has 4 bridgehead atoms. The Kier molecular flexibility index (Phi) is 7.74. The van der Waals surface area contributed by atoms with E-state index in [1.165, 1.54) is 62.0 Å². The zero-order chi connectivity index (χ0) is 29.7. The number of esters is 1. The predicted molar refractivity (Wildman–Crippen MR) is 167 cm³/mol. The van der Waals surface area contributed by atoms with Gasteiger partial charge in [0.05, 0.1) is 23.3 Å². The molecule has 4 aliphatic rings. The molecule has 2 aliphatic heterocycles. The molecule has 4 heterocycles. The van der Waals surface area contributed by atoms with Crippen LogP contribution >= 0.6 is 0 Å². The molecular weight excluding hydrogens is 540 g/mol. The Balaban J connectivity index is 1.26. The Morgan fingerprint density at radius 3 is 2.30 bits per heavy atom. The van der Waals surface area contributed by atoms with Gasteiger partial charge in [-0.1, -0.05) is 31.5 Å². The van der Waals surface area contributed by atoms with Crippen molar-refractivity contribution in [3.05, 3.63) is 63.2 Å². The van der Waals surface area contributed by atoms with Gasteiger partial charge in [0, 0.05) is 30.2 Å². The molecule has 0 amide bonds. The van der Waals surface area contributed by atoms with Crippen molar-refractivity contribution in [2.45, 2.75) is 109 Å². The molecule has 2 aliphatic carbocycles. The maximum Gasteiger partial charge on any atom is 0.326 e. The van der Waals surface area contributed by atoms with E-state index in [0.717, 1.165) is 41.6 Å². The molecule has 0 N–H and O–H groups in total. The standard InChI is InChI=1S/C35H44N4O4/c1-3-43-33(41)21-37-31(12-7-13-32(37)40)34-35(42)39(30-11-5-4-10-29(30)36-34)28-19-25-8-6-9-26(20-28)38(25)27-17-23-14-22(2)15-24(16-23)18-27/h4-5,7,10-13,22-28H,3,6,8-9,14-21H2,1-2H3/t22?,23-,24+,25-,26+,27?,28?. The second-order valence-electron chi connectivity index (χ2n) is 13.7. The van der Waals surface area contributed by atoms with E-state index < -0.39 is 5.97 Å². The third-order valence-electron chi connectivity index (χ3n) is 10.8. The summed E-state index contributed by atoms with van der Waals surface area (Å²) < 4.78 is 8.43. The molecule has 1 aromatic carbocycles. The third kappa shape index (κ3) is 5.36. The summed E-state index contributed by atoms with van der Waals surface area (Å²) in [6, 6.07) is 14.3. The molecule has 3 unspecified atom stereocenters. The Labute approximate surface area is 253 Å². The topological polar surface area (TPSA) is 86.4 Å². The van der Waals surface area contributed by atoms with Crippen molar-refractivity contribution in [2.24, 2.45) is 17.8 Å². The van der Waals surface area contributed by atoms with Gasteiger partial charge < -0.3 is 9.30 Å². The highest BCUT2D eigenvalue weighted by Crippen LogP contribution is 2.48. The fourth-order valence-corrected chi connectivity index (χ4v) is 9.50. The number of rotatable bonds is 6. The summed E-state index contributed by atoms with van der Waals surface area (Å²) in [5, 5.41) is 0. The van der Waals surface area contributed by atoms with Crippen LogP contribution in [0.15, 0.2) is 52.1 Å². The van der Waals surface area contributed by atoms with Crippen LogP contribution in [0.5, 0.6) is 0 Å². The highest BCUT2D eigenvalue weighted by Gasteiger charge is 2.46. The Bertz CT molecular complexity index is 1600. The lowest BCUT2D eigenvalue weighted by atomic mass is 9.65. The number of hydrogen-bond acceptors (Lipinski definition) is 6. The van der Waals surface area contributed by atoms with Crippen molar-refractivity contribution in [3.63, 3.8) is 0 Å². The number of piperidine rings is 2. The Hall–Kier alpha value is -3.26. The van der Waals surface area contributed by atoms with Gasteiger partial charge in [-0.2, -0.15) is 0 Å². The first-order chi connectivity index (χ1) is 20.9. The first kappa shape index (κ1) is 28.5. The fourth-order valence-electron chi connectivity index (χ4n) is 9.50. The van der Waals surface area contributed by atoms with E-state index in [9.17, 15) is 14.4 Å². The van der Waals surface area contributed by atoms with Crippen molar-refractivity contribution in [3.8, 4) is 11.4 Å². The SMILES string of the molecule is CCOC(=O)Cn1c(-c2nc3ccccc3n(C3C[C@H]4CCC[C@@H](C3)N4C3C[C@H]4CC(C)C[C@@H](C3)C4)c2=O)cccc1=O. The molecule has 8 nitrogen and oxygen atoms in total. The molecule has 0 spiro atoms. The molecule has 43 heavy (non-hydrogen) atoms. The average Bonchev–Trinajstić information content (AvgIpc) is 2.97. The Morgan fingerprint density at radius 2 is 1.58 bits per heavy atom. The lowest BCUT2D eigenvalue weighted by Gasteiger charge is -2.55. The third-order valence-corrected chi connectivity index (χ3v) is 10.8. The quantitative estimate of drug-likeness (QED) is 0.353. The van der Waals surface area contributed by atoms with E-state index >= 15 is 0 Å². The molecule has 0 radical (unpaired) electrons. The second-order valence-corrected chi connectivity index (χ2v) is 13.7. The van der Waals surface area contributed by atoms with Crippen LogP contribution < -0.4 is 11.1 Å². The predicted octanol–water partition coefficient (Wildman–Crippen LogP) is 5.56. The normalized spacial score (nSPS) is 30.7. The highest BCUT2D eigenvalue weighted by molar-refractivity contribution is 5.78. The summed E-state index contributed by atoms with van der Waals surface area (Å²) in [7, 11) is 0. The van der Waals surface area contributed by atoms with Gasteiger partial charge in [0.2, 0.25) is 0 Å². The monoisotopic (exact) mass is 584 g/mol. The number of para-hydroxylation sites is 2. The number of ether oxygens (including phenoxy) is 1. The van der Waals surface area contributed by atoms with Crippen LogP contribution in [0, 0.1) is 17.8 Å². The number of benzene rings is 1. The molecule has 3 aromatic rings. The van der Waals surface area contributed by atoms with Crippen LogP contribution in [0.1, 0.15) is 84.1 Å². The minimum atomic E-state index is -0.514. The van der Waals surface area contributed by atoms with Gasteiger partial charge in [-0.15, -0.1) is 0 Å². The van der Waals surface area contributed by atoms with Crippen LogP contribution in [0.25, 0.3) is 22.4 Å². The van der Waals surface area contributed by atoms with Crippen LogP contribution in [0.4, 0.5) is 0 Å². The van der Waals surface area contributed by atoms with Crippen LogP contribution in [0.2, 0.25) is 0 Å². The van der Waals surface area contributed by atoms with E-state index in [-0.39, 0.29) is 36.0 Å². The lowest BCUT2D eigenvalue weighted by Crippen LogP contribution is -2.58. The van der Waals surface area contributed by atoms with E-state index in [4.69, 9.17) is 9.72 Å². The first-order valence-corrected chi connectivity index (χ1v) is 16.5. The number of nitrogens with zero attached hydrogens (tertiary/aromatic N) is 4. The van der Waals surface area contributed by atoms with Gasteiger partial charge >= 0.3 is 5.97 Å². The minimum Gasteiger partial charge on any atom is -0.465 e. The van der Waals surface area contributed by atoms with Gasteiger partial charge in [0.15, 0.2) is 5.69 Å². The smallest absolute Gasteiger partial charge is 0.326 e. The van der Waals surface area contributed by atoms with Crippen molar-refractivity contribution in [2.75, 3.05) is 6.61 Å². The molecular formula is C35H44N4O4. The summed E-state index contributed by atoms with van der Waals surface area (Å²) >= 11 is 0. The van der Waals surface area contributed by atoms with E-state index in [0.29, 0.717) is 23.8 Å². The van der Waals surface area contributed by atoms with Gasteiger partial charge in [-0.3, -0.25) is 23.9 Å². The second kappa shape index (κ2) is 11.7. The Morgan fingerprint density at radius 1 is 0.860 bits per heavy atom. The maximum atomic E-state index is 14.5. The number of aromatic nitrogens is 3. The van der Waals surface area contributed by atoms with Gasteiger partial charge in [-0.25, -0.2) is 4.98 Å². The van der Waals surface area contributed by atoms with Gasteiger partial charge in [0.25, 0.3) is 11.1 Å². The minimum absolute atomic E-state index is 0.0581. The number of pyridine rings is 1. The summed E-state index contributed by atoms with van der Waals surface area (Å²) in [5.41, 5.74) is 1.57. The maximum absolute atomic E-state index is 14.5. The fraction of sp³-hybridized carbons (Fsp3) is 0.600. The number of fused-ring (bicyclic) bond motifs is 5. The van der Waals surface area contributed by atoms with Crippen LogP contribution in [-0.4, -0.2) is 49.7 Å². The summed E-state index contributed by atoms with van der Waals surface area (Å²) in [6.07, 6.45) is 12.4. The van der Waals surface area contributed by atoms with Crippen LogP contribution in [0.3, 0.4) is 0 Å². The van der Waals surface area contributed by atoms with Gasteiger partial charge in [0.1, 0.15) is 6.54 Å². The largest absolute Gasteiger partial charge is 0.465 e. The van der Waals surface area contributed by atoms with Gasteiger partial charge in [-0.05, 0) is 101 Å². The zero-order valence-corrected chi connectivity index (χ0v) is 25.5. The summed E-state index contributed by atoms with van der Waals surface area (Å²) in [5.74, 6) is 2.10. The molecule has 2 aromatic heterocycles. The summed E-state index contributed by atoms with van der Waals surface area (Å²) in [6.45, 7) is 4.13. The lowest BCUT2D eigenvalue weighted by molar-refractivity contribution is -0.143. The zero-order valence-electron chi connectivity index (χ0n) is 25.5. The van der Waals surface area contributed by atoms with Crippen molar-refractivity contribution >= 4 is 17.0 Å². The van der Waals surface area contributed by atoms with E-state index in [1.54, 1.807) is 19.1 Å².